The van der Waals surface area contributed by atoms with Crippen molar-refractivity contribution in [1.29, 1.82) is 0 Å². The van der Waals surface area contributed by atoms with Crippen LogP contribution in [0.1, 0.15) is 29.6 Å². The Balaban J connectivity index is 1.07. The van der Waals surface area contributed by atoms with Crippen molar-refractivity contribution in [3.63, 3.8) is 0 Å². The van der Waals surface area contributed by atoms with Gasteiger partial charge in [-0.15, -0.1) is 0 Å². The van der Waals surface area contributed by atoms with Gasteiger partial charge in [0, 0.05) is 37.5 Å². The first-order valence-corrected chi connectivity index (χ1v) is 14.9. The molecule has 9 heteroatoms. The van der Waals surface area contributed by atoms with Gasteiger partial charge >= 0.3 is 0 Å². The number of benzene rings is 3. The second kappa shape index (κ2) is 11.0. The number of carbonyl (C=O) groups is 1. The smallest absolute Gasteiger partial charge is 0.253 e. The van der Waals surface area contributed by atoms with Crippen LogP contribution in [0.2, 0.25) is 0 Å². The highest BCUT2D eigenvalue weighted by molar-refractivity contribution is 7.90. The van der Waals surface area contributed by atoms with Crippen LogP contribution < -0.4 is 10.1 Å². The summed E-state index contributed by atoms with van der Waals surface area (Å²) in [5.41, 5.74) is 0.469. The fourth-order valence-corrected chi connectivity index (χ4v) is 5.95. The van der Waals surface area contributed by atoms with Gasteiger partial charge in [0.15, 0.2) is 9.84 Å². The van der Waals surface area contributed by atoms with E-state index in [-0.39, 0.29) is 29.1 Å². The fraction of sp³-hybridized carbons (Fsp3) is 0.414. The molecule has 3 aromatic carbocycles. The lowest BCUT2D eigenvalue weighted by Crippen LogP contribution is -2.47. The third-order valence-corrected chi connectivity index (χ3v) is 8.60. The van der Waals surface area contributed by atoms with Crippen LogP contribution in [0.4, 0.5) is 0 Å². The first-order chi connectivity index (χ1) is 18.2. The van der Waals surface area contributed by atoms with Gasteiger partial charge in [-0.1, -0.05) is 36.4 Å². The van der Waals surface area contributed by atoms with Crippen LogP contribution in [-0.4, -0.2) is 81.2 Å². The molecule has 0 radical (unpaired) electrons. The highest BCUT2D eigenvalue weighted by Crippen LogP contribution is 2.36. The number of hydrogen-bond acceptors (Lipinski definition) is 7. The summed E-state index contributed by atoms with van der Waals surface area (Å²) in [7, 11) is -3.32. The van der Waals surface area contributed by atoms with Gasteiger partial charge in [-0.3, -0.25) is 4.79 Å². The second-order valence-corrected chi connectivity index (χ2v) is 12.4. The van der Waals surface area contributed by atoms with Crippen LogP contribution in [0.5, 0.6) is 5.75 Å². The van der Waals surface area contributed by atoms with E-state index >= 15 is 0 Å². The molecule has 38 heavy (non-hydrogen) atoms. The van der Waals surface area contributed by atoms with Crippen molar-refractivity contribution in [3.05, 3.63) is 72.3 Å². The minimum absolute atomic E-state index is 0.0464. The molecular formula is C29H34N2O6S. The van der Waals surface area contributed by atoms with Gasteiger partial charge < -0.3 is 24.8 Å². The number of fused-ring (bicyclic) bond motifs is 1. The molecule has 1 spiro atoms. The molecule has 2 atom stereocenters. The fourth-order valence-electron chi connectivity index (χ4n) is 5.29. The van der Waals surface area contributed by atoms with Crippen molar-refractivity contribution < 1.29 is 27.8 Å². The van der Waals surface area contributed by atoms with Gasteiger partial charge in [-0.05, 0) is 60.4 Å². The monoisotopic (exact) mass is 538 g/mol. The van der Waals surface area contributed by atoms with Crippen LogP contribution in [-0.2, 0) is 14.6 Å². The topological polar surface area (TPSA) is 105 Å². The number of hydrogen-bond donors (Lipinski definition) is 2. The SMILES string of the molecule is CS(=O)(=O)c1cccc(OCC(O)CNC2COC3(CCN(C(=O)c4ccc5ccccc5c4)CC3)C2)c1. The van der Waals surface area contributed by atoms with Gasteiger partial charge in [0.2, 0.25) is 0 Å². The van der Waals surface area contributed by atoms with Crippen LogP contribution in [0.15, 0.2) is 71.6 Å². The maximum absolute atomic E-state index is 13.1. The number of nitrogens with zero attached hydrogens (tertiary/aromatic N) is 1. The molecule has 1 amide bonds. The Morgan fingerprint density at radius 1 is 1.11 bits per heavy atom. The molecule has 5 rings (SSSR count). The molecule has 0 aromatic heterocycles. The average molecular weight is 539 g/mol. The summed E-state index contributed by atoms with van der Waals surface area (Å²) in [4.78, 5) is 15.2. The molecule has 202 valence electrons. The molecular weight excluding hydrogens is 504 g/mol. The molecule has 0 aliphatic carbocycles. The van der Waals surface area contributed by atoms with E-state index in [0.717, 1.165) is 36.3 Å². The number of aliphatic hydroxyl groups excluding tert-OH is 1. The molecule has 2 heterocycles. The molecule has 2 saturated heterocycles. The number of amides is 1. The standard InChI is InChI=1S/C29H34N2O6S/c1-38(34,35)27-8-4-7-26(16-27)36-20-25(32)18-30-24-17-29(37-19-24)11-13-31(14-12-29)28(33)23-10-9-21-5-2-3-6-22(21)15-23/h2-10,15-16,24-25,30,32H,11-14,17-20H2,1H3. The molecule has 2 aliphatic heterocycles. The zero-order valence-electron chi connectivity index (χ0n) is 21.5. The van der Waals surface area contributed by atoms with Crippen LogP contribution >= 0.6 is 0 Å². The van der Waals surface area contributed by atoms with Crippen molar-refractivity contribution in [2.75, 3.05) is 39.1 Å². The third kappa shape index (κ3) is 6.18. The Morgan fingerprint density at radius 2 is 1.87 bits per heavy atom. The van der Waals surface area contributed by atoms with Gasteiger partial charge in [0.05, 0.1) is 17.1 Å². The summed E-state index contributed by atoms with van der Waals surface area (Å²) >= 11 is 0. The van der Waals surface area contributed by atoms with E-state index in [0.29, 0.717) is 37.6 Å². The van der Waals surface area contributed by atoms with E-state index in [9.17, 15) is 18.3 Å². The largest absolute Gasteiger partial charge is 0.491 e. The number of rotatable bonds is 8. The highest BCUT2D eigenvalue weighted by Gasteiger charge is 2.43. The van der Waals surface area contributed by atoms with E-state index in [2.05, 4.69) is 5.32 Å². The number of piperidine rings is 1. The summed E-state index contributed by atoms with van der Waals surface area (Å²) in [6.07, 6.45) is 2.79. The zero-order valence-corrected chi connectivity index (χ0v) is 22.3. The minimum Gasteiger partial charge on any atom is -0.491 e. The quantitative estimate of drug-likeness (QED) is 0.454. The first-order valence-electron chi connectivity index (χ1n) is 13.0. The lowest BCUT2D eigenvalue weighted by Gasteiger charge is -2.38. The normalized spacial score (nSPS) is 20.1. The number of ether oxygens (including phenoxy) is 2. The van der Waals surface area contributed by atoms with Crippen LogP contribution in [0.3, 0.4) is 0 Å². The summed E-state index contributed by atoms with van der Waals surface area (Å²) in [5, 5.41) is 15.9. The summed E-state index contributed by atoms with van der Waals surface area (Å²) in [5.74, 6) is 0.462. The minimum atomic E-state index is -3.32. The number of carbonyl (C=O) groups excluding carboxylic acids is 1. The molecule has 0 bridgehead atoms. The molecule has 3 aromatic rings. The van der Waals surface area contributed by atoms with Gasteiger partial charge in [0.1, 0.15) is 18.5 Å². The van der Waals surface area contributed by atoms with Crippen molar-refractivity contribution in [2.45, 2.75) is 41.9 Å². The van der Waals surface area contributed by atoms with Crippen molar-refractivity contribution in [2.24, 2.45) is 0 Å². The highest BCUT2D eigenvalue weighted by atomic mass is 32.2. The summed E-state index contributed by atoms with van der Waals surface area (Å²) < 4.78 is 35.2. The molecule has 2 N–H and O–H groups in total. The van der Waals surface area contributed by atoms with E-state index in [1.807, 2.05) is 47.4 Å². The van der Waals surface area contributed by atoms with Crippen molar-refractivity contribution >= 4 is 26.5 Å². The van der Waals surface area contributed by atoms with Gasteiger partial charge in [-0.2, -0.15) is 0 Å². The number of aliphatic hydroxyl groups is 1. The third-order valence-electron chi connectivity index (χ3n) is 7.49. The summed E-state index contributed by atoms with van der Waals surface area (Å²) in [6.45, 7) is 2.25. The Hall–Kier alpha value is -2.98. The van der Waals surface area contributed by atoms with Crippen LogP contribution in [0.25, 0.3) is 10.8 Å². The zero-order chi connectivity index (χ0) is 26.8. The van der Waals surface area contributed by atoms with Crippen LogP contribution in [0, 0.1) is 0 Å². The van der Waals surface area contributed by atoms with Gasteiger partial charge in [0.25, 0.3) is 5.91 Å². The van der Waals surface area contributed by atoms with Crippen molar-refractivity contribution in [3.8, 4) is 5.75 Å². The van der Waals surface area contributed by atoms with E-state index in [1.165, 1.54) is 12.1 Å². The predicted octanol–water partition coefficient (Wildman–Crippen LogP) is 3.04. The first kappa shape index (κ1) is 26.6. The van der Waals surface area contributed by atoms with E-state index < -0.39 is 15.9 Å². The molecule has 8 nitrogen and oxygen atoms in total. The lowest BCUT2D eigenvalue weighted by atomic mass is 9.87. The maximum Gasteiger partial charge on any atom is 0.253 e. The lowest BCUT2D eigenvalue weighted by molar-refractivity contribution is -0.0389. The molecule has 2 fully saturated rings. The van der Waals surface area contributed by atoms with E-state index in [1.54, 1.807) is 12.1 Å². The number of nitrogens with one attached hydrogen (secondary N) is 1. The van der Waals surface area contributed by atoms with Gasteiger partial charge in [-0.25, -0.2) is 8.42 Å². The summed E-state index contributed by atoms with van der Waals surface area (Å²) in [6, 6.07) is 20.3. The molecule has 2 unspecified atom stereocenters. The number of likely N-dealkylation sites (tertiary alicyclic amines) is 1. The second-order valence-electron chi connectivity index (χ2n) is 10.4. The van der Waals surface area contributed by atoms with E-state index in [4.69, 9.17) is 9.47 Å². The van der Waals surface area contributed by atoms with Crippen molar-refractivity contribution in [1.82, 2.24) is 10.2 Å². The predicted molar refractivity (Wildman–Crippen MR) is 145 cm³/mol. The Labute approximate surface area is 223 Å². The number of sulfone groups is 1. The molecule has 0 saturated carbocycles. The average Bonchev–Trinajstić information content (AvgIpc) is 3.32. The maximum atomic E-state index is 13.1. The Bertz CT molecular complexity index is 1400. The Morgan fingerprint density at radius 3 is 2.63 bits per heavy atom. The molecule has 2 aliphatic rings. The Kier molecular flexibility index (Phi) is 7.72.